The van der Waals surface area contributed by atoms with Crippen molar-refractivity contribution in [2.24, 2.45) is 0 Å². The summed E-state index contributed by atoms with van der Waals surface area (Å²) in [7, 11) is 0. The number of ether oxygens (including phenoxy) is 1. The fourth-order valence-electron chi connectivity index (χ4n) is 2.72. The summed E-state index contributed by atoms with van der Waals surface area (Å²) in [6.45, 7) is 6.97. The van der Waals surface area contributed by atoms with Crippen LogP contribution in [0.5, 0.6) is 11.5 Å². The highest BCUT2D eigenvalue weighted by molar-refractivity contribution is 5.87. The van der Waals surface area contributed by atoms with Crippen LogP contribution >= 0.6 is 0 Å². The molecular formula is C19H19NO2. The Morgan fingerprint density at radius 3 is 2.77 bits per heavy atom. The van der Waals surface area contributed by atoms with Gasteiger partial charge in [0.25, 0.3) is 0 Å². The van der Waals surface area contributed by atoms with E-state index in [4.69, 9.17) is 4.74 Å². The van der Waals surface area contributed by atoms with Gasteiger partial charge in [-0.25, -0.2) is 0 Å². The molecule has 1 aliphatic heterocycles. The van der Waals surface area contributed by atoms with Crippen LogP contribution in [0.1, 0.15) is 16.7 Å². The van der Waals surface area contributed by atoms with Crippen molar-refractivity contribution in [3.8, 4) is 11.5 Å². The lowest BCUT2D eigenvalue weighted by molar-refractivity contribution is -0.126. The summed E-state index contributed by atoms with van der Waals surface area (Å²) in [4.78, 5) is 13.5. The zero-order valence-corrected chi connectivity index (χ0v) is 12.7. The second-order valence-corrected chi connectivity index (χ2v) is 5.56. The Kier molecular flexibility index (Phi) is 3.96. The molecule has 0 N–H and O–H groups in total. The maximum Gasteiger partial charge on any atom is 0.246 e. The van der Waals surface area contributed by atoms with Gasteiger partial charge in [0.2, 0.25) is 5.91 Å². The zero-order valence-electron chi connectivity index (χ0n) is 12.7. The van der Waals surface area contributed by atoms with Crippen LogP contribution in [0.25, 0.3) is 0 Å². The third kappa shape index (κ3) is 3.03. The second kappa shape index (κ2) is 6.06. The van der Waals surface area contributed by atoms with Crippen molar-refractivity contribution in [3.63, 3.8) is 0 Å². The maximum absolute atomic E-state index is 11.7. The first-order valence-electron chi connectivity index (χ1n) is 7.43. The van der Waals surface area contributed by atoms with Gasteiger partial charge in [-0.05, 0) is 60.4 Å². The van der Waals surface area contributed by atoms with Crippen molar-refractivity contribution >= 4 is 5.91 Å². The topological polar surface area (TPSA) is 29.5 Å². The number of aryl methyl sites for hydroxylation is 1. The first-order valence-corrected chi connectivity index (χ1v) is 7.43. The summed E-state index contributed by atoms with van der Waals surface area (Å²) in [6.07, 6.45) is 2.22. The number of nitrogens with zero attached hydrogens (tertiary/aromatic N) is 1. The molecule has 3 nitrogen and oxygen atoms in total. The standard InChI is InChI=1S/C19H19NO2/c1-3-19(21)20-10-9-15-12-18(8-7-16(15)13-20)22-17-6-4-5-14(2)11-17/h3-8,11-12H,1,9-10,13H2,2H3. The van der Waals surface area contributed by atoms with Gasteiger partial charge in [-0.3, -0.25) is 4.79 Å². The molecule has 3 rings (SSSR count). The van der Waals surface area contributed by atoms with Gasteiger partial charge >= 0.3 is 0 Å². The lowest BCUT2D eigenvalue weighted by Crippen LogP contribution is -2.34. The zero-order chi connectivity index (χ0) is 15.5. The van der Waals surface area contributed by atoms with Crippen LogP contribution in [0.3, 0.4) is 0 Å². The van der Waals surface area contributed by atoms with Gasteiger partial charge in [0.15, 0.2) is 0 Å². The Labute approximate surface area is 130 Å². The lowest BCUT2D eigenvalue weighted by Gasteiger charge is -2.28. The summed E-state index contributed by atoms with van der Waals surface area (Å²) >= 11 is 0. The monoisotopic (exact) mass is 293 g/mol. The largest absolute Gasteiger partial charge is 0.457 e. The minimum Gasteiger partial charge on any atom is -0.457 e. The Hall–Kier alpha value is -2.55. The van der Waals surface area contributed by atoms with Crippen LogP contribution in [0.15, 0.2) is 55.1 Å². The lowest BCUT2D eigenvalue weighted by atomic mass is 9.99. The van der Waals surface area contributed by atoms with Gasteiger partial charge in [0.05, 0.1) is 0 Å². The van der Waals surface area contributed by atoms with E-state index in [0.717, 1.165) is 24.5 Å². The van der Waals surface area contributed by atoms with Gasteiger partial charge in [-0.15, -0.1) is 0 Å². The van der Waals surface area contributed by atoms with E-state index in [1.165, 1.54) is 22.8 Å². The molecule has 0 radical (unpaired) electrons. The van der Waals surface area contributed by atoms with Crippen LogP contribution in [0, 0.1) is 6.92 Å². The average Bonchev–Trinajstić information content (AvgIpc) is 2.53. The summed E-state index contributed by atoms with van der Waals surface area (Å²) in [6, 6.07) is 14.1. The Bertz CT molecular complexity index is 721. The predicted molar refractivity (Wildman–Crippen MR) is 87.0 cm³/mol. The summed E-state index contributed by atoms with van der Waals surface area (Å²) in [5.74, 6) is 1.68. The van der Waals surface area contributed by atoms with Crippen molar-refractivity contribution in [1.29, 1.82) is 0 Å². The van der Waals surface area contributed by atoms with Crippen LogP contribution in [-0.4, -0.2) is 17.4 Å². The van der Waals surface area contributed by atoms with E-state index in [1.807, 2.05) is 48.2 Å². The van der Waals surface area contributed by atoms with Gasteiger partial charge < -0.3 is 9.64 Å². The number of benzene rings is 2. The molecule has 0 aromatic heterocycles. The van der Waals surface area contributed by atoms with Gasteiger partial charge in [-0.2, -0.15) is 0 Å². The van der Waals surface area contributed by atoms with E-state index in [0.29, 0.717) is 6.54 Å². The Morgan fingerprint density at radius 1 is 1.18 bits per heavy atom. The normalized spacial score (nSPS) is 13.4. The number of hydrogen-bond donors (Lipinski definition) is 0. The molecule has 3 heteroatoms. The molecule has 0 saturated carbocycles. The molecule has 0 atom stereocenters. The molecule has 2 aromatic rings. The Balaban J connectivity index is 1.78. The molecule has 0 aliphatic carbocycles. The first-order chi connectivity index (χ1) is 10.7. The minimum absolute atomic E-state index is 0.00858. The van der Waals surface area contributed by atoms with E-state index in [1.54, 1.807) is 0 Å². The van der Waals surface area contributed by atoms with Crippen LogP contribution < -0.4 is 4.74 Å². The molecule has 1 heterocycles. The average molecular weight is 293 g/mol. The van der Waals surface area contributed by atoms with Gasteiger partial charge in [0, 0.05) is 13.1 Å². The highest BCUT2D eigenvalue weighted by Crippen LogP contribution is 2.27. The molecule has 1 amide bonds. The number of rotatable bonds is 3. The number of carbonyl (C=O) groups is 1. The maximum atomic E-state index is 11.7. The highest BCUT2D eigenvalue weighted by Gasteiger charge is 2.19. The van der Waals surface area contributed by atoms with E-state index in [-0.39, 0.29) is 5.91 Å². The summed E-state index contributed by atoms with van der Waals surface area (Å²) in [5.41, 5.74) is 3.60. The second-order valence-electron chi connectivity index (χ2n) is 5.56. The Morgan fingerprint density at radius 2 is 2.00 bits per heavy atom. The number of hydrogen-bond acceptors (Lipinski definition) is 2. The molecule has 112 valence electrons. The van der Waals surface area contributed by atoms with Crippen molar-refractivity contribution in [2.45, 2.75) is 19.9 Å². The molecule has 1 aliphatic rings. The van der Waals surface area contributed by atoms with E-state index in [9.17, 15) is 4.79 Å². The quantitative estimate of drug-likeness (QED) is 0.804. The summed E-state index contributed by atoms with van der Waals surface area (Å²) in [5, 5.41) is 0. The van der Waals surface area contributed by atoms with E-state index in [2.05, 4.69) is 12.6 Å². The van der Waals surface area contributed by atoms with E-state index >= 15 is 0 Å². The molecule has 0 saturated heterocycles. The predicted octanol–water partition coefficient (Wildman–Crippen LogP) is 3.86. The van der Waals surface area contributed by atoms with E-state index < -0.39 is 0 Å². The SMILES string of the molecule is C=CC(=O)N1CCc2cc(Oc3cccc(C)c3)ccc2C1. The third-order valence-electron chi connectivity index (χ3n) is 3.90. The fourth-order valence-corrected chi connectivity index (χ4v) is 2.72. The fraction of sp³-hybridized carbons (Fsp3) is 0.211. The molecule has 22 heavy (non-hydrogen) atoms. The molecule has 0 bridgehead atoms. The first kappa shape index (κ1) is 14.4. The minimum atomic E-state index is -0.00858. The third-order valence-corrected chi connectivity index (χ3v) is 3.90. The van der Waals surface area contributed by atoms with Crippen molar-refractivity contribution in [2.75, 3.05) is 6.54 Å². The number of amides is 1. The van der Waals surface area contributed by atoms with Gasteiger partial charge in [0.1, 0.15) is 11.5 Å². The van der Waals surface area contributed by atoms with Crippen molar-refractivity contribution in [3.05, 3.63) is 71.8 Å². The number of fused-ring (bicyclic) bond motifs is 1. The molecule has 2 aromatic carbocycles. The summed E-state index contributed by atoms with van der Waals surface area (Å²) < 4.78 is 5.92. The molecular weight excluding hydrogens is 274 g/mol. The molecule has 0 fully saturated rings. The molecule has 0 spiro atoms. The van der Waals surface area contributed by atoms with Crippen LogP contribution in [0.2, 0.25) is 0 Å². The van der Waals surface area contributed by atoms with Crippen LogP contribution in [-0.2, 0) is 17.8 Å². The smallest absolute Gasteiger partial charge is 0.246 e. The number of carbonyl (C=O) groups excluding carboxylic acids is 1. The molecule has 0 unspecified atom stereocenters. The van der Waals surface area contributed by atoms with Crippen LogP contribution in [0.4, 0.5) is 0 Å². The highest BCUT2D eigenvalue weighted by atomic mass is 16.5. The van der Waals surface area contributed by atoms with Gasteiger partial charge in [-0.1, -0.05) is 24.8 Å². The van der Waals surface area contributed by atoms with Crippen molar-refractivity contribution in [1.82, 2.24) is 4.90 Å². The van der Waals surface area contributed by atoms with Crippen molar-refractivity contribution < 1.29 is 9.53 Å².